The van der Waals surface area contributed by atoms with Gasteiger partial charge in [-0.05, 0) is 40.3 Å². The maximum atomic E-state index is 6.75. The molecule has 0 bridgehead atoms. The van der Waals surface area contributed by atoms with Crippen LogP contribution in [-0.2, 0) is 7.05 Å². The Balaban J connectivity index is 1.78. The van der Waals surface area contributed by atoms with Crippen LogP contribution in [0.5, 0.6) is 0 Å². The summed E-state index contributed by atoms with van der Waals surface area (Å²) in [6.07, 6.45) is 3.50. The van der Waals surface area contributed by atoms with Gasteiger partial charge in [-0.15, -0.1) is 11.6 Å². The summed E-state index contributed by atoms with van der Waals surface area (Å²) in [5.74, 6) is 0.421. The summed E-state index contributed by atoms with van der Waals surface area (Å²) in [4.78, 5) is 8.82. The fourth-order valence-electron chi connectivity index (χ4n) is 3.29. The Kier molecular flexibility index (Phi) is 3.99. The zero-order valence-electron chi connectivity index (χ0n) is 14.7. The number of tetrazole rings is 1. The lowest BCUT2D eigenvalue weighted by atomic mass is 10.0. The number of rotatable bonds is 3. The van der Waals surface area contributed by atoms with Gasteiger partial charge >= 0.3 is 0 Å². The molecule has 138 valence electrons. The number of aryl methyl sites for hydroxylation is 1. The number of alkyl halides is 1. The first-order chi connectivity index (χ1) is 13.6. The summed E-state index contributed by atoms with van der Waals surface area (Å²) < 4.78 is 3.52. The average molecular weight is 410 g/mol. The molecule has 0 saturated carbocycles. The van der Waals surface area contributed by atoms with Gasteiger partial charge in [0.1, 0.15) is 5.38 Å². The highest BCUT2D eigenvalue weighted by Gasteiger charge is 2.18. The molecule has 0 fully saturated rings. The summed E-state index contributed by atoms with van der Waals surface area (Å²) in [5.41, 5.74) is 4.29. The lowest BCUT2D eigenvalue weighted by Gasteiger charge is -2.13. The molecule has 0 saturated heterocycles. The molecule has 0 radical (unpaired) electrons. The molecule has 9 heteroatoms. The number of benzene rings is 2. The van der Waals surface area contributed by atoms with Gasteiger partial charge in [-0.3, -0.25) is 0 Å². The van der Waals surface area contributed by atoms with E-state index in [9.17, 15) is 0 Å². The number of hydrogen-bond acceptors (Lipinski definition) is 5. The largest absolute Gasteiger partial charge is 0.336 e. The van der Waals surface area contributed by atoms with Crippen molar-refractivity contribution >= 4 is 39.9 Å². The number of hydrogen-bond donors (Lipinski definition) is 0. The molecule has 5 rings (SSSR count). The summed E-state index contributed by atoms with van der Waals surface area (Å²) in [6, 6.07) is 13.5. The second-order valence-electron chi connectivity index (χ2n) is 6.43. The lowest BCUT2D eigenvalue weighted by Crippen LogP contribution is -2.02. The van der Waals surface area contributed by atoms with E-state index in [0.717, 1.165) is 33.4 Å². The summed E-state index contributed by atoms with van der Waals surface area (Å²) in [6.45, 7) is 0. The molecular weight excluding hydrogens is 397 g/mol. The molecule has 7 nitrogen and oxygen atoms in total. The molecule has 1 unspecified atom stereocenters. The smallest absolute Gasteiger partial charge is 0.274 e. The van der Waals surface area contributed by atoms with Gasteiger partial charge in [-0.25, -0.2) is 9.97 Å². The van der Waals surface area contributed by atoms with E-state index < -0.39 is 0 Å². The Morgan fingerprint density at radius 1 is 1.11 bits per heavy atom. The fourth-order valence-corrected chi connectivity index (χ4v) is 3.83. The summed E-state index contributed by atoms with van der Waals surface area (Å²) >= 11 is 13.0. The van der Waals surface area contributed by atoms with E-state index in [0.29, 0.717) is 10.8 Å². The van der Waals surface area contributed by atoms with E-state index in [-0.39, 0.29) is 5.38 Å². The third-order valence-electron chi connectivity index (χ3n) is 4.67. The molecule has 28 heavy (non-hydrogen) atoms. The highest BCUT2D eigenvalue weighted by molar-refractivity contribution is 6.30. The van der Waals surface area contributed by atoms with Crippen molar-refractivity contribution in [2.24, 2.45) is 7.05 Å². The zero-order valence-corrected chi connectivity index (χ0v) is 16.2. The summed E-state index contributed by atoms with van der Waals surface area (Å²) in [5, 5.41) is 13.0. The van der Waals surface area contributed by atoms with Gasteiger partial charge in [0.2, 0.25) is 0 Å². The van der Waals surface area contributed by atoms with Crippen LogP contribution in [0.1, 0.15) is 16.6 Å². The fraction of sp³-hybridized carbons (Fsp3) is 0.105. The van der Waals surface area contributed by atoms with Crippen molar-refractivity contribution in [3.8, 4) is 11.3 Å². The summed E-state index contributed by atoms with van der Waals surface area (Å²) in [7, 11) is 1.92. The average Bonchev–Trinajstić information content (AvgIpc) is 3.35. The molecule has 3 aromatic heterocycles. The molecule has 2 aromatic carbocycles. The number of nitrogens with zero attached hydrogens (tertiary/aromatic N) is 7. The topological polar surface area (TPSA) is 73.8 Å². The second-order valence-corrected chi connectivity index (χ2v) is 7.30. The van der Waals surface area contributed by atoms with Crippen LogP contribution in [0.2, 0.25) is 5.02 Å². The molecule has 5 aromatic rings. The van der Waals surface area contributed by atoms with Crippen LogP contribution in [0.25, 0.3) is 27.9 Å². The van der Waals surface area contributed by atoms with E-state index in [4.69, 9.17) is 23.2 Å². The second kappa shape index (κ2) is 6.54. The minimum atomic E-state index is -0.353. The van der Waals surface area contributed by atoms with Gasteiger partial charge in [0.25, 0.3) is 5.78 Å². The van der Waals surface area contributed by atoms with Crippen LogP contribution >= 0.6 is 23.2 Å². The van der Waals surface area contributed by atoms with E-state index in [1.165, 1.54) is 0 Å². The maximum Gasteiger partial charge on any atom is 0.274 e. The van der Waals surface area contributed by atoms with E-state index in [1.807, 2.05) is 54.1 Å². The van der Waals surface area contributed by atoms with E-state index in [2.05, 4.69) is 25.5 Å². The minimum Gasteiger partial charge on any atom is -0.336 e. The molecule has 0 spiro atoms. The maximum absolute atomic E-state index is 6.75. The van der Waals surface area contributed by atoms with E-state index in [1.54, 1.807) is 17.0 Å². The van der Waals surface area contributed by atoms with Crippen LogP contribution in [0, 0.1) is 0 Å². The van der Waals surface area contributed by atoms with Crippen molar-refractivity contribution < 1.29 is 0 Å². The molecule has 3 heterocycles. The standard InChI is InChI=1S/C19H13Cl2N7/c1-27-10-22-9-16(27)17(21)11-5-6-15-14(8-11)18(12-3-2-4-13(20)7-12)23-19-24-25-26-28(15)19/h2-10,17H,1H3. The van der Waals surface area contributed by atoms with Crippen molar-refractivity contribution in [2.45, 2.75) is 5.38 Å². The molecule has 0 aliphatic heterocycles. The molecule has 1 atom stereocenters. The van der Waals surface area contributed by atoms with Crippen molar-refractivity contribution in [3.05, 3.63) is 71.3 Å². The van der Waals surface area contributed by atoms with Crippen LogP contribution < -0.4 is 0 Å². The lowest BCUT2D eigenvalue weighted by molar-refractivity contribution is 0.833. The molecule has 0 aliphatic carbocycles. The Labute approximate surface area is 169 Å². The third-order valence-corrected chi connectivity index (χ3v) is 5.38. The van der Waals surface area contributed by atoms with Gasteiger partial charge in [0.15, 0.2) is 0 Å². The molecule has 0 N–H and O–H groups in total. The Hall–Kier alpha value is -3.03. The predicted octanol–water partition coefficient (Wildman–Crippen LogP) is 4.05. The number of aromatic nitrogens is 7. The predicted molar refractivity (Wildman–Crippen MR) is 107 cm³/mol. The Morgan fingerprint density at radius 2 is 2.00 bits per heavy atom. The van der Waals surface area contributed by atoms with Crippen LogP contribution in [0.15, 0.2) is 55.0 Å². The quantitative estimate of drug-likeness (QED) is 0.420. The zero-order chi connectivity index (χ0) is 19.3. The number of imidazole rings is 1. The van der Waals surface area contributed by atoms with Gasteiger partial charge in [-0.2, -0.15) is 4.52 Å². The highest BCUT2D eigenvalue weighted by atomic mass is 35.5. The normalized spacial score (nSPS) is 12.7. The highest BCUT2D eigenvalue weighted by Crippen LogP contribution is 2.34. The van der Waals surface area contributed by atoms with Gasteiger partial charge < -0.3 is 4.57 Å². The first-order valence-electron chi connectivity index (χ1n) is 8.50. The minimum absolute atomic E-state index is 0.353. The van der Waals surface area contributed by atoms with Crippen molar-refractivity contribution in [1.82, 2.24) is 34.6 Å². The van der Waals surface area contributed by atoms with Gasteiger partial charge in [0, 0.05) is 29.2 Å². The number of fused-ring (bicyclic) bond motifs is 3. The van der Waals surface area contributed by atoms with Gasteiger partial charge in [0.05, 0.1) is 23.2 Å². The SMILES string of the molecule is Cn1cncc1C(Cl)c1ccc2c(c1)c(-c1cccc(Cl)c1)nc1nnnn12. The third kappa shape index (κ3) is 2.71. The Bertz CT molecular complexity index is 1320. The number of halogens is 2. The van der Waals surface area contributed by atoms with Crippen molar-refractivity contribution in [2.75, 3.05) is 0 Å². The monoisotopic (exact) mass is 409 g/mol. The van der Waals surface area contributed by atoms with Crippen LogP contribution in [-0.4, -0.2) is 34.6 Å². The first-order valence-corrected chi connectivity index (χ1v) is 9.31. The van der Waals surface area contributed by atoms with Crippen LogP contribution in [0.4, 0.5) is 0 Å². The Morgan fingerprint density at radius 3 is 2.79 bits per heavy atom. The molecule has 0 amide bonds. The molecule has 0 aliphatic rings. The molecular formula is C19H13Cl2N7. The van der Waals surface area contributed by atoms with Gasteiger partial charge in [-0.1, -0.05) is 34.9 Å². The van der Waals surface area contributed by atoms with Crippen molar-refractivity contribution in [3.63, 3.8) is 0 Å². The first kappa shape index (κ1) is 17.1. The van der Waals surface area contributed by atoms with E-state index >= 15 is 0 Å². The van der Waals surface area contributed by atoms with Crippen molar-refractivity contribution in [1.29, 1.82) is 0 Å². The van der Waals surface area contributed by atoms with Crippen LogP contribution in [0.3, 0.4) is 0 Å².